The zero-order chi connectivity index (χ0) is 72.7. The van der Waals surface area contributed by atoms with Crippen LogP contribution < -0.4 is 111 Å². The van der Waals surface area contributed by atoms with Crippen LogP contribution in [0.2, 0.25) is 0 Å². The lowest BCUT2D eigenvalue weighted by Gasteiger charge is -2.29. The number of amides is 12. The fraction of sp³-hybridized carbons (Fsp3) is 0.702. The van der Waals surface area contributed by atoms with Crippen LogP contribution >= 0.6 is 0 Å². The van der Waals surface area contributed by atoms with E-state index in [0.717, 1.165) is 0 Å². The second kappa shape index (κ2) is 44.7. The Labute approximate surface area is 562 Å². The summed E-state index contributed by atoms with van der Waals surface area (Å²) in [7, 11) is 0. The van der Waals surface area contributed by atoms with E-state index in [9.17, 15) is 67.4 Å². The van der Waals surface area contributed by atoms with Crippen LogP contribution in [0.4, 0.5) is 0 Å². The molecule has 12 amide bonds. The molecule has 2 aliphatic rings. The molecule has 0 bridgehead atoms. The summed E-state index contributed by atoms with van der Waals surface area (Å²) in [5.41, 5.74) is 55.1. The van der Waals surface area contributed by atoms with Gasteiger partial charge in [-0.2, -0.15) is 0 Å². The van der Waals surface area contributed by atoms with Crippen molar-refractivity contribution in [2.45, 2.75) is 178 Å². The Kier molecular flexibility index (Phi) is 38.4. The molecule has 40 heteroatoms. The second-order valence-corrected chi connectivity index (χ2v) is 23.7. The van der Waals surface area contributed by atoms with Gasteiger partial charge in [-0.15, -0.1) is 0 Å². The minimum Gasteiger partial charge on any atom is -0.480 e. The fourth-order valence-corrected chi connectivity index (χ4v) is 10.2. The first-order valence-corrected chi connectivity index (χ1v) is 32.2. The van der Waals surface area contributed by atoms with Gasteiger partial charge in [0.1, 0.15) is 48.3 Å². The molecule has 0 radical (unpaired) electrons. The molecule has 0 unspecified atom stereocenters. The third kappa shape index (κ3) is 33.4. The number of unbranched alkanes of at least 4 members (excludes halogenated alkanes) is 1. The average Bonchev–Trinajstić information content (AvgIpc) is 1.77. The van der Waals surface area contributed by atoms with Crippen molar-refractivity contribution >= 4 is 101 Å². The SMILES string of the molecule is CC(C)C[C@H](NC(=O)CNC(=O)[C@@H]1CCCN1C(=O)[C@H](CCCN=C(N)N)NC(=O)CNC(=O)[C@H](CCCN=C(N)N)NC(=O)[C@H](CCCN=C(N)N)NC(=O)CNC(=O)[C@@H]1CCCN1C(=O)[C@H](CCCN=C(N)N)NC(=O)CNC(=O)[C@H](C)N)C(=O)N[C@@H](CCCCN)C(=O)O. The van der Waals surface area contributed by atoms with E-state index in [1.54, 1.807) is 13.8 Å². The van der Waals surface area contributed by atoms with E-state index < -0.39 is 157 Å². The highest BCUT2D eigenvalue weighted by molar-refractivity contribution is 5.98. The summed E-state index contributed by atoms with van der Waals surface area (Å²) in [6.07, 6.45) is 2.58. The molecule has 2 saturated heterocycles. The highest BCUT2D eigenvalue weighted by atomic mass is 16.4. The van der Waals surface area contributed by atoms with Gasteiger partial charge in [-0.25, -0.2) is 4.79 Å². The number of hydrogen-bond donors (Lipinski definition) is 21. The van der Waals surface area contributed by atoms with Crippen LogP contribution in [0.3, 0.4) is 0 Å². The third-order valence-corrected chi connectivity index (χ3v) is 15.0. The number of carbonyl (C=O) groups excluding carboxylic acids is 12. The van der Waals surface area contributed by atoms with Crippen LogP contribution in [0, 0.1) is 5.92 Å². The summed E-state index contributed by atoms with van der Waals surface area (Å²) in [5.74, 6) is -11.5. The predicted octanol–water partition coefficient (Wildman–Crippen LogP) is -9.84. The molecule has 546 valence electrons. The lowest BCUT2D eigenvalue weighted by molar-refractivity contribution is -0.142. The average molecular weight is 1380 g/mol. The van der Waals surface area contributed by atoms with Gasteiger partial charge in [-0.3, -0.25) is 77.5 Å². The number of rotatable bonds is 45. The molecule has 0 aromatic rings. The number of carboxylic acids is 1. The van der Waals surface area contributed by atoms with E-state index in [4.69, 9.17) is 57.3 Å². The smallest absolute Gasteiger partial charge is 0.326 e. The third-order valence-electron chi connectivity index (χ3n) is 15.0. The van der Waals surface area contributed by atoms with Gasteiger partial charge < -0.3 is 125 Å². The van der Waals surface area contributed by atoms with Crippen molar-refractivity contribution in [1.82, 2.24) is 63.0 Å². The molecule has 2 fully saturated rings. The monoisotopic (exact) mass is 1380 g/mol. The zero-order valence-electron chi connectivity index (χ0n) is 55.6. The second-order valence-electron chi connectivity index (χ2n) is 23.7. The summed E-state index contributed by atoms with van der Waals surface area (Å²) < 4.78 is 0. The number of aliphatic carboxylic acids is 1. The zero-order valence-corrected chi connectivity index (χ0v) is 55.6. The molecule has 0 saturated carbocycles. The van der Waals surface area contributed by atoms with Gasteiger partial charge in [-0.1, -0.05) is 13.8 Å². The first-order chi connectivity index (χ1) is 45.8. The molecular formula is C57H104N26O14. The number of hydrogen-bond acceptors (Lipinski definition) is 19. The number of carbonyl (C=O) groups is 13. The van der Waals surface area contributed by atoms with E-state index in [1.807, 2.05) is 0 Å². The maximum atomic E-state index is 14.4. The summed E-state index contributed by atoms with van der Waals surface area (Å²) in [5, 5.41) is 34.9. The van der Waals surface area contributed by atoms with Crippen LogP contribution in [0.15, 0.2) is 20.0 Å². The predicted molar refractivity (Wildman–Crippen MR) is 356 cm³/mol. The van der Waals surface area contributed by atoms with E-state index in [1.165, 1.54) is 16.7 Å². The molecule has 31 N–H and O–H groups in total. The standard InChI is InChI=1S/C57H104N26O14/c1-31(2)26-38(48(91)81-37(53(96)97)12-4-5-19-58)79-44(87)30-75-50(93)40-18-11-25-83(40)52(95)36(16-9-23-71-57(66)67)78-43(86)28-73-46(89)33(13-6-20-68-54(60)61)80-47(90)34(14-7-21-69-55(62)63)76-41(84)29-74-49(92)39-17-10-24-82(39)51(94)35(15-8-22-70-56(64)65)77-42(85)27-72-45(88)32(3)59/h31-40H,4-30,58-59H2,1-3H3,(H,72,88)(H,73,89)(H,74,92)(H,75,93)(H,76,84)(H,77,85)(H,78,86)(H,79,87)(H,80,90)(H,81,91)(H,96,97)(H4,60,61,68)(H4,62,63,69)(H4,64,65,70)(H4,66,67,71)/t32-,33-,34-,35-,36-,37-,38-,39-,40-/m0/s1. The van der Waals surface area contributed by atoms with E-state index >= 15 is 0 Å². The van der Waals surface area contributed by atoms with Crippen molar-refractivity contribution in [2.75, 3.05) is 72.0 Å². The van der Waals surface area contributed by atoms with Crippen LogP contribution in [0.5, 0.6) is 0 Å². The van der Waals surface area contributed by atoms with Gasteiger partial charge in [0.2, 0.25) is 70.9 Å². The largest absolute Gasteiger partial charge is 0.480 e. The number of aliphatic imine (C=N–C) groups is 4. The Morgan fingerprint density at radius 3 is 1.12 bits per heavy atom. The molecule has 0 aromatic heterocycles. The van der Waals surface area contributed by atoms with Crippen LogP contribution in [0.1, 0.15) is 124 Å². The number of carboxylic acid groups (broad SMARTS) is 1. The minimum atomic E-state index is -1.42. The van der Waals surface area contributed by atoms with Gasteiger partial charge in [0, 0.05) is 39.3 Å². The number of nitrogens with one attached hydrogen (secondary N) is 10. The number of guanidine groups is 4. The molecule has 0 aliphatic carbocycles. The van der Waals surface area contributed by atoms with Crippen LogP contribution in [-0.2, 0) is 62.3 Å². The van der Waals surface area contributed by atoms with E-state index in [0.29, 0.717) is 32.2 Å². The maximum absolute atomic E-state index is 14.4. The molecule has 97 heavy (non-hydrogen) atoms. The lowest BCUT2D eigenvalue weighted by Crippen LogP contribution is -2.57. The first kappa shape index (κ1) is 83.2. The van der Waals surface area contributed by atoms with Crippen LogP contribution in [-0.4, -0.2) is 242 Å². The van der Waals surface area contributed by atoms with Crippen LogP contribution in [0.25, 0.3) is 0 Å². The molecule has 0 spiro atoms. The van der Waals surface area contributed by atoms with Crippen molar-refractivity contribution in [2.24, 2.45) is 83.2 Å². The Balaban J connectivity index is 2.29. The van der Waals surface area contributed by atoms with Gasteiger partial charge in [0.15, 0.2) is 23.8 Å². The molecule has 0 aromatic carbocycles. The number of nitrogens with two attached hydrogens (primary N) is 10. The Hall–Kier alpha value is -9.89. The number of nitrogens with zero attached hydrogens (tertiary/aromatic N) is 6. The summed E-state index contributed by atoms with van der Waals surface area (Å²) in [6.45, 7) is 3.06. The van der Waals surface area contributed by atoms with Crippen molar-refractivity contribution < 1.29 is 67.4 Å². The summed E-state index contributed by atoms with van der Waals surface area (Å²) in [6, 6.07) is -10.8. The molecule has 40 nitrogen and oxygen atoms in total. The van der Waals surface area contributed by atoms with Gasteiger partial charge >= 0.3 is 5.97 Å². The molecular weight excluding hydrogens is 1270 g/mol. The van der Waals surface area contributed by atoms with E-state index in [-0.39, 0.29) is 146 Å². The summed E-state index contributed by atoms with van der Waals surface area (Å²) in [4.78, 5) is 193. The topological polar surface area (TPSA) is 679 Å². The van der Waals surface area contributed by atoms with Crippen molar-refractivity contribution in [3.8, 4) is 0 Å². The van der Waals surface area contributed by atoms with Crippen molar-refractivity contribution in [3.63, 3.8) is 0 Å². The Morgan fingerprint density at radius 2 is 0.753 bits per heavy atom. The van der Waals surface area contributed by atoms with Gasteiger partial charge in [-0.05, 0) is 122 Å². The minimum absolute atomic E-state index is 0.0000694. The number of likely N-dealkylation sites (tertiary alicyclic amines) is 2. The first-order valence-electron chi connectivity index (χ1n) is 32.2. The van der Waals surface area contributed by atoms with Crippen molar-refractivity contribution in [3.05, 3.63) is 0 Å². The van der Waals surface area contributed by atoms with E-state index in [2.05, 4.69) is 73.1 Å². The Morgan fingerprint density at radius 1 is 0.423 bits per heavy atom. The highest BCUT2D eigenvalue weighted by Crippen LogP contribution is 2.22. The van der Waals surface area contributed by atoms with Gasteiger partial charge in [0.25, 0.3) is 0 Å². The highest BCUT2D eigenvalue weighted by Gasteiger charge is 2.40. The molecule has 2 aliphatic heterocycles. The normalized spacial score (nSPS) is 16.1. The quantitative estimate of drug-likeness (QED) is 0.0153. The maximum Gasteiger partial charge on any atom is 0.326 e. The molecule has 2 heterocycles. The van der Waals surface area contributed by atoms with Crippen molar-refractivity contribution in [1.29, 1.82) is 0 Å². The van der Waals surface area contributed by atoms with Gasteiger partial charge in [0.05, 0.1) is 32.2 Å². The molecule has 9 atom stereocenters. The Bertz CT molecular complexity index is 2790. The summed E-state index contributed by atoms with van der Waals surface area (Å²) >= 11 is 0. The molecule has 2 rings (SSSR count). The fourth-order valence-electron chi connectivity index (χ4n) is 10.2. The lowest BCUT2D eigenvalue weighted by atomic mass is 10.0.